The average molecular weight is 261 g/mol. The van der Waals surface area contributed by atoms with Gasteiger partial charge in [-0.3, -0.25) is 0 Å². The Labute approximate surface area is 117 Å². The van der Waals surface area contributed by atoms with Crippen LogP contribution in [0, 0.1) is 0 Å². The molecule has 1 aliphatic rings. The Morgan fingerprint density at radius 2 is 2.05 bits per heavy atom. The SMILES string of the molecule is CCNC(CC)CCCOc1ccc2c(c1)CCC2. The summed E-state index contributed by atoms with van der Waals surface area (Å²) < 4.78 is 5.88. The molecule has 0 aromatic heterocycles. The fourth-order valence-electron chi connectivity index (χ4n) is 2.90. The van der Waals surface area contributed by atoms with Crippen LogP contribution < -0.4 is 10.1 Å². The predicted octanol–water partition coefficient (Wildman–Crippen LogP) is 3.72. The quantitative estimate of drug-likeness (QED) is 0.720. The Morgan fingerprint density at radius 3 is 2.84 bits per heavy atom. The van der Waals surface area contributed by atoms with Crippen molar-refractivity contribution in [3.63, 3.8) is 0 Å². The van der Waals surface area contributed by atoms with Crippen LogP contribution in [0.3, 0.4) is 0 Å². The zero-order chi connectivity index (χ0) is 13.5. The lowest BCUT2D eigenvalue weighted by atomic mass is 10.1. The third kappa shape index (κ3) is 4.24. The van der Waals surface area contributed by atoms with E-state index in [1.54, 1.807) is 0 Å². The molecule has 1 atom stereocenters. The van der Waals surface area contributed by atoms with Gasteiger partial charge in [0.05, 0.1) is 6.61 Å². The first-order valence-corrected chi connectivity index (χ1v) is 7.81. The van der Waals surface area contributed by atoms with Crippen molar-refractivity contribution in [2.75, 3.05) is 13.2 Å². The minimum absolute atomic E-state index is 0.647. The number of benzene rings is 1. The minimum atomic E-state index is 0.647. The fraction of sp³-hybridized carbons (Fsp3) is 0.647. The maximum absolute atomic E-state index is 5.88. The van der Waals surface area contributed by atoms with Gasteiger partial charge in [0.1, 0.15) is 5.75 Å². The highest BCUT2D eigenvalue weighted by molar-refractivity contribution is 5.38. The topological polar surface area (TPSA) is 21.3 Å². The molecule has 106 valence electrons. The van der Waals surface area contributed by atoms with Gasteiger partial charge in [-0.15, -0.1) is 0 Å². The first-order valence-electron chi connectivity index (χ1n) is 7.81. The van der Waals surface area contributed by atoms with E-state index in [1.807, 2.05) is 0 Å². The molecule has 0 bridgehead atoms. The maximum atomic E-state index is 5.88. The molecule has 2 heteroatoms. The largest absolute Gasteiger partial charge is 0.494 e. The van der Waals surface area contributed by atoms with Crippen molar-refractivity contribution in [3.8, 4) is 5.75 Å². The highest BCUT2D eigenvalue weighted by atomic mass is 16.5. The number of aryl methyl sites for hydroxylation is 2. The Hall–Kier alpha value is -1.02. The summed E-state index contributed by atoms with van der Waals surface area (Å²) in [6, 6.07) is 7.26. The molecule has 1 aliphatic carbocycles. The summed E-state index contributed by atoms with van der Waals surface area (Å²) in [5, 5.41) is 3.51. The van der Waals surface area contributed by atoms with E-state index in [-0.39, 0.29) is 0 Å². The number of rotatable bonds is 8. The summed E-state index contributed by atoms with van der Waals surface area (Å²) in [6.07, 6.45) is 7.31. The van der Waals surface area contributed by atoms with Gasteiger partial charge in [-0.2, -0.15) is 0 Å². The molecule has 0 aliphatic heterocycles. The van der Waals surface area contributed by atoms with E-state index in [0.717, 1.165) is 25.3 Å². The highest BCUT2D eigenvalue weighted by Crippen LogP contribution is 2.26. The third-order valence-electron chi connectivity index (χ3n) is 4.02. The first-order chi connectivity index (χ1) is 9.33. The Kier molecular flexibility index (Phi) is 5.71. The minimum Gasteiger partial charge on any atom is -0.494 e. The fourth-order valence-corrected chi connectivity index (χ4v) is 2.90. The van der Waals surface area contributed by atoms with Crippen LogP contribution in [0.4, 0.5) is 0 Å². The van der Waals surface area contributed by atoms with Crippen LogP contribution >= 0.6 is 0 Å². The molecule has 0 fully saturated rings. The van der Waals surface area contributed by atoms with Gasteiger partial charge in [0, 0.05) is 6.04 Å². The Bertz CT molecular complexity index is 389. The van der Waals surface area contributed by atoms with Gasteiger partial charge in [-0.25, -0.2) is 0 Å². The molecule has 0 spiro atoms. The van der Waals surface area contributed by atoms with Crippen LogP contribution in [0.2, 0.25) is 0 Å². The van der Waals surface area contributed by atoms with E-state index in [9.17, 15) is 0 Å². The van der Waals surface area contributed by atoms with E-state index in [0.29, 0.717) is 6.04 Å². The van der Waals surface area contributed by atoms with Crippen LogP contribution in [-0.2, 0) is 12.8 Å². The van der Waals surface area contributed by atoms with Gasteiger partial charge in [0.15, 0.2) is 0 Å². The van der Waals surface area contributed by atoms with Crippen molar-refractivity contribution in [2.45, 2.75) is 58.4 Å². The van der Waals surface area contributed by atoms with E-state index in [1.165, 1.54) is 43.2 Å². The lowest BCUT2D eigenvalue weighted by Crippen LogP contribution is -2.28. The van der Waals surface area contributed by atoms with Gasteiger partial charge < -0.3 is 10.1 Å². The van der Waals surface area contributed by atoms with E-state index < -0.39 is 0 Å². The Balaban J connectivity index is 1.71. The van der Waals surface area contributed by atoms with Gasteiger partial charge in [-0.05, 0) is 68.3 Å². The Morgan fingerprint density at radius 1 is 1.21 bits per heavy atom. The number of hydrogen-bond acceptors (Lipinski definition) is 2. The average Bonchev–Trinajstić information content (AvgIpc) is 2.89. The van der Waals surface area contributed by atoms with Gasteiger partial charge in [-0.1, -0.05) is 19.9 Å². The van der Waals surface area contributed by atoms with Crippen LogP contribution in [0.15, 0.2) is 18.2 Å². The summed E-state index contributed by atoms with van der Waals surface area (Å²) in [5.41, 5.74) is 3.02. The van der Waals surface area contributed by atoms with Gasteiger partial charge >= 0.3 is 0 Å². The number of ether oxygens (including phenoxy) is 1. The molecule has 0 saturated heterocycles. The number of hydrogen-bond donors (Lipinski definition) is 1. The van der Waals surface area contributed by atoms with Crippen LogP contribution in [0.5, 0.6) is 5.75 Å². The zero-order valence-corrected chi connectivity index (χ0v) is 12.4. The molecule has 0 heterocycles. The molecule has 0 saturated carbocycles. The molecule has 1 N–H and O–H groups in total. The second-order valence-electron chi connectivity index (χ2n) is 5.44. The van der Waals surface area contributed by atoms with Gasteiger partial charge in [0.25, 0.3) is 0 Å². The molecule has 1 unspecified atom stereocenters. The molecule has 1 aromatic rings. The van der Waals surface area contributed by atoms with Crippen LogP contribution in [-0.4, -0.2) is 19.2 Å². The smallest absolute Gasteiger partial charge is 0.119 e. The molecular weight excluding hydrogens is 234 g/mol. The number of fused-ring (bicyclic) bond motifs is 1. The van der Waals surface area contributed by atoms with Crippen molar-refractivity contribution in [3.05, 3.63) is 29.3 Å². The first kappa shape index (κ1) is 14.4. The van der Waals surface area contributed by atoms with Crippen molar-refractivity contribution in [1.29, 1.82) is 0 Å². The molecular formula is C17H27NO. The van der Waals surface area contributed by atoms with E-state index in [2.05, 4.69) is 37.4 Å². The number of nitrogens with one attached hydrogen (secondary N) is 1. The van der Waals surface area contributed by atoms with Crippen molar-refractivity contribution >= 4 is 0 Å². The van der Waals surface area contributed by atoms with Crippen molar-refractivity contribution in [1.82, 2.24) is 5.32 Å². The highest BCUT2D eigenvalue weighted by Gasteiger charge is 2.11. The zero-order valence-electron chi connectivity index (χ0n) is 12.4. The second kappa shape index (κ2) is 7.54. The summed E-state index contributed by atoms with van der Waals surface area (Å²) in [7, 11) is 0. The molecule has 2 nitrogen and oxygen atoms in total. The maximum Gasteiger partial charge on any atom is 0.119 e. The summed E-state index contributed by atoms with van der Waals surface area (Å²) in [6.45, 7) is 6.31. The molecule has 1 aromatic carbocycles. The predicted molar refractivity (Wildman–Crippen MR) is 81.0 cm³/mol. The molecule has 0 amide bonds. The normalized spacial score (nSPS) is 15.3. The molecule has 19 heavy (non-hydrogen) atoms. The summed E-state index contributed by atoms with van der Waals surface area (Å²) in [5.74, 6) is 1.05. The lowest BCUT2D eigenvalue weighted by molar-refractivity contribution is 0.294. The second-order valence-corrected chi connectivity index (χ2v) is 5.44. The molecule has 2 rings (SSSR count). The van der Waals surface area contributed by atoms with Crippen molar-refractivity contribution < 1.29 is 4.74 Å². The summed E-state index contributed by atoms with van der Waals surface area (Å²) >= 11 is 0. The van der Waals surface area contributed by atoms with E-state index in [4.69, 9.17) is 4.74 Å². The van der Waals surface area contributed by atoms with Crippen LogP contribution in [0.1, 0.15) is 50.7 Å². The standard InChI is InChI=1S/C17H27NO/c1-3-16(18-4-2)9-6-12-19-17-11-10-14-7-5-8-15(14)13-17/h10-11,13,16,18H,3-9,12H2,1-2H3. The lowest BCUT2D eigenvalue weighted by Gasteiger charge is -2.15. The summed E-state index contributed by atoms with van der Waals surface area (Å²) in [4.78, 5) is 0. The third-order valence-corrected chi connectivity index (χ3v) is 4.02. The van der Waals surface area contributed by atoms with Gasteiger partial charge in [0.2, 0.25) is 0 Å². The van der Waals surface area contributed by atoms with Crippen molar-refractivity contribution in [2.24, 2.45) is 0 Å². The molecule has 0 radical (unpaired) electrons. The monoisotopic (exact) mass is 261 g/mol. The van der Waals surface area contributed by atoms with Crippen LogP contribution in [0.25, 0.3) is 0 Å². The van der Waals surface area contributed by atoms with E-state index >= 15 is 0 Å².